The molecule has 0 spiro atoms. The maximum Gasteiger partial charge on any atom is 0.241 e. The van der Waals surface area contributed by atoms with Gasteiger partial charge >= 0.3 is 0 Å². The van der Waals surface area contributed by atoms with Crippen LogP contribution in [-0.2, 0) is 14.8 Å². The van der Waals surface area contributed by atoms with Gasteiger partial charge in [0.1, 0.15) is 5.82 Å². The van der Waals surface area contributed by atoms with Gasteiger partial charge in [-0.05, 0) is 44.4 Å². The third kappa shape index (κ3) is 3.20. The second-order valence-corrected chi connectivity index (χ2v) is 7.22. The Balaban J connectivity index is 2.26. The molecule has 21 heavy (non-hydrogen) atoms. The summed E-state index contributed by atoms with van der Waals surface area (Å²) in [7, 11) is -3.72. The first kappa shape index (κ1) is 16.2. The molecular formula is C14H21FN2O3S. The fourth-order valence-corrected chi connectivity index (χ4v) is 4.25. The summed E-state index contributed by atoms with van der Waals surface area (Å²) < 4.78 is 46.5. The first-order valence-electron chi connectivity index (χ1n) is 6.90. The van der Waals surface area contributed by atoms with Crippen molar-refractivity contribution in [1.29, 1.82) is 0 Å². The van der Waals surface area contributed by atoms with Gasteiger partial charge in [-0.1, -0.05) is 0 Å². The first-order valence-corrected chi connectivity index (χ1v) is 8.38. The number of nitrogens with two attached hydrogens (primary N) is 1. The topological polar surface area (TPSA) is 81.4 Å². The first-order chi connectivity index (χ1) is 9.74. The van der Waals surface area contributed by atoms with Crippen LogP contribution in [0.2, 0.25) is 0 Å². The number of hydrogen-bond acceptors (Lipinski definition) is 4. The van der Waals surface area contributed by atoms with Gasteiger partial charge in [-0.15, -0.1) is 0 Å². The number of nitrogen functional groups attached to an aromatic ring is 1. The number of anilines is 1. The molecule has 7 heteroatoms. The zero-order valence-corrected chi connectivity index (χ0v) is 13.3. The van der Waals surface area contributed by atoms with E-state index in [1.54, 1.807) is 6.92 Å². The highest BCUT2D eigenvalue weighted by molar-refractivity contribution is 7.89. The van der Waals surface area contributed by atoms with E-state index in [0.29, 0.717) is 18.7 Å². The molecule has 1 heterocycles. The summed E-state index contributed by atoms with van der Waals surface area (Å²) in [5.74, 6) is -0.444. The van der Waals surface area contributed by atoms with Crippen LogP contribution in [0.3, 0.4) is 0 Å². The molecular weight excluding hydrogens is 295 g/mol. The van der Waals surface area contributed by atoms with Crippen molar-refractivity contribution in [2.45, 2.75) is 38.2 Å². The molecule has 1 saturated heterocycles. The standard InChI is InChI=1S/C14H21FN2O3S/c1-8-6-12(15)13(16)9(2)14(8)21(18,19)17-7-11-4-5-20-10(11)3/h6,10-11,17H,4-5,7,16H2,1-3H3. The molecule has 2 atom stereocenters. The van der Waals surface area contributed by atoms with Crippen molar-refractivity contribution in [1.82, 2.24) is 4.72 Å². The highest BCUT2D eigenvalue weighted by atomic mass is 32.2. The van der Waals surface area contributed by atoms with Crippen LogP contribution >= 0.6 is 0 Å². The molecule has 1 fully saturated rings. The molecule has 0 bridgehead atoms. The molecule has 0 amide bonds. The summed E-state index contributed by atoms with van der Waals surface area (Å²) in [6.07, 6.45) is 0.862. The molecule has 1 aliphatic heterocycles. The highest BCUT2D eigenvalue weighted by Gasteiger charge is 2.28. The summed E-state index contributed by atoms with van der Waals surface area (Å²) in [4.78, 5) is 0.0629. The van der Waals surface area contributed by atoms with E-state index < -0.39 is 15.8 Å². The van der Waals surface area contributed by atoms with Crippen LogP contribution in [-0.4, -0.2) is 27.7 Å². The zero-order chi connectivity index (χ0) is 15.8. The van der Waals surface area contributed by atoms with Crippen molar-refractivity contribution in [2.24, 2.45) is 5.92 Å². The molecule has 1 aromatic carbocycles. The summed E-state index contributed by atoms with van der Waals surface area (Å²) in [5, 5.41) is 0. The van der Waals surface area contributed by atoms with Gasteiger partial charge in [0.25, 0.3) is 0 Å². The van der Waals surface area contributed by atoms with Gasteiger partial charge in [0, 0.05) is 19.1 Å². The third-order valence-corrected chi connectivity index (χ3v) is 5.75. The Labute approximate surface area is 124 Å². The van der Waals surface area contributed by atoms with Crippen molar-refractivity contribution in [3.05, 3.63) is 23.0 Å². The predicted octanol–water partition coefficient (Wildman–Crippen LogP) is 1.73. The van der Waals surface area contributed by atoms with E-state index in [9.17, 15) is 12.8 Å². The lowest BCUT2D eigenvalue weighted by Crippen LogP contribution is -2.33. The van der Waals surface area contributed by atoms with E-state index in [4.69, 9.17) is 10.5 Å². The Bertz CT molecular complexity index is 646. The average molecular weight is 316 g/mol. The minimum absolute atomic E-state index is 0.0354. The summed E-state index contributed by atoms with van der Waals surface area (Å²) >= 11 is 0. The van der Waals surface area contributed by atoms with E-state index in [-0.39, 0.29) is 28.2 Å². The van der Waals surface area contributed by atoms with Gasteiger partial charge in [0.15, 0.2) is 0 Å². The van der Waals surface area contributed by atoms with Crippen LogP contribution in [0.25, 0.3) is 0 Å². The van der Waals surface area contributed by atoms with Crippen LogP contribution in [0.15, 0.2) is 11.0 Å². The monoisotopic (exact) mass is 316 g/mol. The number of nitrogens with one attached hydrogen (secondary N) is 1. The Morgan fingerprint density at radius 2 is 2.14 bits per heavy atom. The number of aryl methyl sites for hydroxylation is 1. The minimum atomic E-state index is -3.72. The number of ether oxygens (including phenoxy) is 1. The summed E-state index contributed by atoms with van der Waals surface area (Å²) in [6, 6.07) is 1.15. The molecule has 1 aliphatic rings. The van der Waals surface area contributed by atoms with Gasteiger partial charge in [-0.25, -0.2) is 17.5 Å². The molecule has 0 aromatic heterocycles. The van der Waals surface area contributed by atoms with Crippen LogP contribution in [0.5, 0.6) is 0 Å². The van der Waals surface area contributed by atoms with E-state index in [1.807, 2.05) is 6.92 Å². The highest BCUT2D eigenvalue weighted by Crippen LogP contribution is 2.28. The van der Waals surface area contributed by atoms with Gasteiger partial charge in [0.05, 0.1) is 16.7 Å². The maximum atomic E-state index is 13.5. The van der Waals surface area contributed by atoms with E-state index in [0.717, 1.165) is 12.5 Å². The Kier molecular flexibility index (Phi) is 4.55. The Morgan fingerprint density at radius 1 is 1.48 bits per heavy atom. The van der Waals surface area contributed by atoms with Crippen LogP contribution in [0.1, 0.15) is 24.5 Å². The number of rotatable bonds is 4. The lowest BCUT2D eigenvalue weighted by atomic mass is 10.0. The zero-order valence-electron chi connectivity index (χ0n) is 12.4. The lowest BCUT2D eigenvalue weighted by Gasteiger charge is -2.17. The second-order valence-electron chi connectivity index (χ2n) is 5.52. The van der Waals surface area contributed by atoms with Crippen molar-refractivity contribution in [2.75, 3.05) is 18.9 Å². The smallest absolute Gasteiger partial charge is 0.241 e. The van der Waals surface area contributed by atoms with E-state index >= 15 is 0 Å². The largest absolute Gasteiger partial charge is 0.396 e. The number of hydrogen-bond donors (Lipinski definition) is 2. The molecule has 2 rings (SSSR count). The van der Waals surface area contributed by atoms with Crippen LogP contribution in [0.4, 0.5) is 10.1 Å². The van der Waals surface area contributed by atoms with Gasteiger partial charge in [-0.2, -0.15) is 0 Å². The molecule has 3 N–H and O–H groups in total. The number of halogens is 1. The molecule has 0 aliphatic carbocycles. The third-order valence-electron chi connectivity index (χ3n) is 4.04. The fraction of sp³-hybridized carbons (Fsp3) is 0.571. The van der Waals surface area contributed by atoms with Gasteiger partial charge in [0.2, 0.25) is 10.0 Å². The average Bonchev–Trinajstić information content (AvgIpc) is 2.79. The van der Waals surface area contributed by atoms with Gasteiger partial charge in [-0.3, -0.25) is 0 Å². The van der Waals surface area contributed by atoms with E-state index in [1.165, 1.54) is 6.92 Å². The number of sulfonamides is 1. The summed E-state index contributed by atoms with van der Waals surface area (Å²) in [5.41, 5.74) is 6.07. The van der Waals surface area contributed by atoms with E-state index in [2.05, 4.69) is 4.72 Å². The van der Waals surface area contributed by atoms with Crippen molar-refractivity contribution < 1.29 is 17.5 Å². The predicted molar refractivity (Wildman–Crippen MR) is 79.0 cm³/mol. The van der Waals surface area contributed by atoms with Crippen molar-refractivity contribution >= 4 is 15.7 Å². The Morgan fingerprint density at radius 3 is 2.71 bits per heavy atom. The normalized spacial score (nSPS) is 22.7. The second kappa shape index (κ2) is 5.90. The molecule has 5 nitrogen and oxygen atoms in total. The maximum absolute atomic E-state index is 13.5. The summed E-state index contributed by atoms with van der Waals surface area (Å²) in [6.45, 7) is 5.96. The van der Waals surface area contributed by atoms with Crippen LogP contribution < -0.4 is 10.5 Å². The van der Waals surface area contributed by atoms with Crippen molar-refractivity contribution in [3.8, 4) is 0 Å². The molecule has 2 unspecified atom stereocenters. The molecule has 1 aromatic rings. The quantitative estimate of drug-likeness (QED) is 0.829. The van der Waals surface area contributed by atoms with Crippen LogP contribution in [0, 0.1) is 25.6 Å². The van der Waals surface area contributed by atoms with Gasteiger partial charge < -0.3 is 10.5 Å². The number of benzene rings is 1. The lowest BCUT2D eigenvalue weighted by molar-refractivity contribution is 0.107. The van der Waals surface area contributed by atoms with Crippen molar-refractivity contribution in [3.63, 3.8) is 0 Å². The molecule has 0 saturated carbocycles. The fourth-order valence-electron chi connectivity index (χ4n) is 2.68. The SMILES string of the molecule is Cc1cc(F)c(N)c(C)c1S(=O)(=O)NCC1CCOC1C. The Hall–Kier alpha value is -1.18. The molecule has 0 radical (unpaired) electrons. The molecule has 118 valence electrons. The minimum Gasteiger partial charge on any atom is -0.396 e.